The monoisotopic (exact) mass is 400 g/mol. The molecule has 0 spiro atoms. The minimum Gasteiger partial charge on any atom is -0.484 e. The molecule has 5 nitrogen and oxygen atoms in total. The third-order valence-corrected chi connectivity index (χ3v) is 4.65. The summed E-state index contributed by atoms with van der Waals surface area (Å²) in [5.41, 5.74) is 1.47. The molecule has 2 N–H and O–H groups in total. The van der Waals surface area contributed by atoms with Gasteiger partial charge in [0.2, 0.25) is 0 Å². The van der Waals surface area contributed by atoms with Crippen molar-refractivity contribution in [2.45, 2.75) is 39.4 Å². The molecule has 0 bridgehead atoms. The molecule has 0 amide bonds. The van der Waals surface area contributed by atoms with Crippen molar-refractivity contribution in [3.05, 3.63) is 29.3 Å². The Morgan fingerprint density at radius 3 is 2.79 bits per heavy atom. The molecule has 28 heavy (non-hydrogen) atoms. The fourth-order valence-electron chi connectivity index (χ4n) is 3.27. The van der Waals surface area contributed by atoms with Crippen LogP contribution >= 0.6 is 0 Å². The minimum absolute atomic E-state index is 0.228. The number of piperidine rings is 1. The van der Waals surface area contributed by atoms with Crippen LogP contribution in [0.5, 0.6) is 5.75 Å². The summed E-state index contributed by atoms with van der Waals surface area (Å²) in [6, 6.07) is 5.24. The number of ether oxygens (including phenoxy) is 1. The van der Waals surface area contributed by atoms with Crippen molar-refractivity contribution in [1.29, 1.82) is 0 Å². The second kappa shape index (κ2) is 10.5. The summed E-state index contributed by atoms with van der Waals surface area (Å²) < 4.78 is 42.6. The summed E-state index contributed by atoms with van der Waals surface area (Å²) in [6.07, 6.45) is -1.99. The Balaban J connectivity index is 2.00. The summed E-state index contributed by atoms with van der Waals surface area (Å²) >= 11 is 0. The van der Waals surface area contributed by atoms with Gasteiger partial charge in [-0.1, -0.05) is 12.1 Å². The van der Waals surface area contributed by atoms with Crippen LogP contribution in [0.15, 0.2) is 23.2 Å². The van der Waals surface area contributed by atoms with Gasteiger partial charge >= 0.3 is 6.18 Å². The molecule has 1 aromatic carbocycles. The third-order valence-electron chi connectivity index (χ3n) is 4.65. The zero-order chi connectivity index (χ0) is 20.6. The number of guanidine groups is 1. The van der Waals surface area contributed by atoms with Gasteiger partial charge in [-0.3, -0.25) is 0 Å². The average molecular weight is 400 g/mol. The predicted octanol–water partition coefficient (Wildman–Crippen LogP) is 3.33. The van der Waals surface area contributed by atoms with Gasteiger partial charge in [-0.2, -0.15) is 13.2 Å². The van der Waals surface area contributed by atoms with Crippen molar-refractivity contribution in [1.82, 2.24) is 15.5 Å². The van der Waals surface area contributed by atoms with E-state index in [0.29, 0.717) is 24.0 Å². The maximum absolute atomic E-state index is 12.5. The number of aliphatic imine (C=N–C) groups is 1. The number of nitrogens with zero attached hydrogens (tertiary/aromatic N) is 2. The lowest BCUT2D eigenvalue weighted by molar-refractivity contribution is -0.153. The van der Waals surface area contributed by atoms with Crippen molar-refractivity contribution in [2.24, 2.45) is 10.9 Å². The zero-order valence-corrected chi connectivity index (χ0v) is 16.9. The van der Waals surface area contributed by atoms with Crippen LogP contribution in [0.3, 0.4) is 0 Å². The van der Waals surface area contributed by atoms with E-state index in [9.17, 15) is 13.2 Å². The molecule has 1 heterocycles. The van der Waals surface area contributed by atoms with E-state index < -0.39 is 12.8 Å². The van der Waals surface area contributed by atoms with Gasteiger partial charge in [-0.25, -0.2) is 4.99 Å². The maximum atomic E-state index is 12.5. The number of likely N-dealkylation sites (tertiary alicyclic amines) is 1. The van der Waals surface area contributed by atoms with Gasteiger partial charge in [0, 0.05) is 25.2 Å². The Labute approximate surface area is 165 Å². The Bertz CT molecular complexity index is 649. The second-order valence-electron chi connectivity index (χ2n) is 7.36. The van der Waals surface area contributed by atoms with Crippen LogP contribution < -0.4 is 15.4 Å². The zero-order valence-electron chi connectivity index (χ0n) is 16.9. The van der Waals surface area contributed by atoms with Crippen LogP contribution in [0.4, 0.5) is 13.2 Å². The van der Waals surface area contributed by atoms with Crippen LogP contribution in [0.2, 0.25) is 0 Å². The number of hydrogen-bond donors (Lipinski definition) is 2. The molecule has 1 atom stereocenters. The SMILES string of the molecule is CCNC(=NCc1ccc(C)cc1OCC(F)(F)F)NCC1CCCN(C)C1. The summed E-state index contributed by atoms with van der Waals surface area (Å²) in [4.78, 5) is 6.87. The fourth-order valence-corrected chi connectivity index (χ4v) is 3.27. The molecule has 1 saturated heterocycles. The summed E-state index contributed by atoms with van der Waals surface area (Å²) in [7, 11) is 2.13. The first-order valence-electron chi connectivity index (χ1n) is 9.76. The Morgan fingerprint density at radius 2 is 2.11 bits per heavy atom. The molecule has 8 heteroatoms. The largest absolute Gasteiger partial charge is 0.484 e. The topological polar surface area (TPSA) is 48.9 Å². The minimum atomic E-state index is -4.37. The van der Waals surface area contributed by atoms with Crippen LogP contribution in [0.25, 0.3) is 0 Å². The standard InChI is InChI=1S/C20H31F3N4O/c1-4-24-19(25-11-16-6-5-9-27(3)13-16)26-12-17-8-7-15(2)10-18(17)28-14-20(21,22)23/h7-8,10,16H,4-6,9,11-14H2,1-3H3,(H2,24,25,26). The van der Waals surface area contributed by atoms with Gasteiger partial charge in [0.15, 0.2) is 12.6 Å². The summed E-state index contributed by atoms with van der Waals surface area (Å²) in [6.45, 7) is 6.46. The number of nitrogens with one attached hydrogen (secondary N) is 2. The lowest BCUT2D eigenvalue weighted by Gasteiger charge is -2.30. The van der Waals surface area contributed by atoms with Crippen molar-refractivity contribution in [3.63, 3.8) is 0 Å². The Morgan fingerprint density at radius 1 is 1.32 bits per heavy atom. The van der Waals surface area contributed by atoms with Gasteiger partial charge in [0.25, 0.3) is 0 Å². The smallest absolute Gasteiger partial charge is 0.422 e. The molecule has 1 fully saturated rings. The highest BCUT2D eigenvalue weighted by Gasteiger charge is 2.28. The molecule has 1 aromatic rings. The first-order chi connectivity index (χ1) is 13.3. The lowest BCUT2D eigenvalue weighted by atomic mass is 9.99. The van der Waals surface area contributed by atoms with Crippen molar-refractivity contribution < 1.29 is 17.9 Å². The van der Waals surface area contributed by atoms with E-state index in [1.807, 2.05) is 19.9 Å². The highest BCUT2D eigenvalue weighted by atomic mass is 19.4. The molecule has 1 aliphatic heterocycles. The number of aryl methyl sites for hydroxylation is 1. The van der Waals surface area contributed by atoms with E-state index >= 15 is 0 Å². The molecule has 0 aliphatic carbocycles. The van der Waals surface area contributed by atoms with Gasteiger partial charge < -0.3 is 20.3 Å². The average Bonchev–Trinajstić information content (AvgIpc) is 2.63. The third kappa shape index (κ3) is 7.96. The highest BCUT2D eigenvalue weighted by Crippen LogP contribution is 2.24. The normalized spacial score (nSPS) is 18.8. The van der Waals surface area contributed by atoms with E-state index in [4.69, 9.17) is 4.74 Å². The second-order valence-corrected chi connectivity index (χ2v) is 7.36. The highest BCUT2D eigenvalue weighted by molar-refractivity contribution is 5.79. The molecule has 0 aromatic heterocycles. The number of benzene rings is 1. The molecular formula is C20H31F3N4O. The van der Waals surface area contributed by atoms with Crippen LogP contribution in [-0.2, 0) is 6.54 Å². The van der Waals surface area contributed by atoms with Crippen molar-refractivity contribution in [2.75, 3.05) is 39.8 Å². The van der Waals surface area contributed by atoms with Crippen LogP contribution in [-0.4, -0.2) is 56.9 Å². The van der Waals surface area contributed by atoms with E-state index in [2.05, 4.69) is 27.6 Å². The first-order valence-corrected chi connectivity index (χ1v) is 9.76. The molecule has 1 aliphatic rings. The van der Waals surface area contributed by atoms with E-state index in [1.54, 1.807) is 12.1 Å². The van der Waals surface area contributed by atoms with E-state index in [0.717, 1.165) is 25.2 Å². The van der Waals surface area contributed by atoms with Gasteiger partial charge in [-0.15, -0.1) is 0 Å². The molecule has 2 rings (SSSR count). The molecule has 1 unspecified atom stereocenters. The molecular weight excluding hydrogens is 369 g/mol. The predicted molar refractivity (Wildman–Crippen MR) is 106 cm³/mol. The van der Waals surface area contributed by atoms with Crippen molar-refractivity contribution >= 4 is 5.96 Å². The quantitative estimate of drug-likeness (QED) is 0.545. The number of hydrogen-bond acceptors (Lipinski definition) is 3. The molecule has 0 saturated carbocycles. The van der Waals surface area contributed by atoms with E-state index in [1.165, 1.54) is 12.8 Å². The molecule has 158 valence electrons. The maximum Gasteiger partial charge on any atom is 0.422 e. The Hall–Kier alpha value is -1.96. The lowest BCUT2D eigenvalue weighted by Crippen LogP contribution is -2.43. The number of alkyl halides is 3. The van der Waals surface area contributed by atoms with Crippen LogP contribution in [0.1, 0.15) is 30.9 Å². The van der Waals surface area contributed by atoms with E-state index in [-0.39, 0.29) is 12.3 Å². The molecule has 0 radical (unpaired) electrons. The number of halogens is 3. The van der Waals surface area contributed by atoms with Gasteiger partial charge in [0.1, 0.15) is 5.75 Å². The Kier molecular flexibility index (Phi) is 8.41. The van der Waals surface area contributed by atoms with Gasteiger partial charge in [-0.05, 0) is 57.8 Å². The van der Waals surface area contributed by atoms with Gasteiger partial charge in [0.05, 0.1) is 6.54 Å². The van der Waals surface area contributed by atoms with Crippen LogP contribution in [0, 0.1) is 12.8 Å². The number of rotatable bonds is 7. The summed E-state index contributed by atoms with van der Waals surface area (Å²) in [5, 5.41) is 6.55. The fraction of sp³-hybridized carbons (Fsp3) is 0.650. The first kappa shape index (κ1) is 22.3. The van der Waals surface area contributed by atoms with Crippen molar-refractivity contribution in [3.8, 4) is 5.75 Å². The summed E-state index contributed by atoms with van der Waals surface area (Å²) in [5.74, 6) is 1.46.